The maximum Gasteiger partial charge on any atom is 0.247 e. The number of carbonyl (C=O) groups excluding carboxylic acids is 2. The summed E-state index contributed by atoms with van der Waals surface area (Å²) in [5.41, 5.74) is 4.05. The lowest BCUT2D eigenvalue weighted by atomic mass is 9.94. The molecule has 2 amide bonds. The molecule has 1 heterocycles. The van der Waals surface area contributed by atoms with E-state index >= 15 is 0 Å². The Balaban J connectivity index is 2.99. The fourth-order valence-corrected chi connectivity index (χ4v) is 1.92. The number of amides is 2. The minimum atomic E-state index is -0.937. The van der Waals surface area contributed by atoms with Crippen LogP contribution in [0.15, 0.2) is 0 Å². The van der Waals surface area contributed by atoms with Gasteiger partial charge in [-0.05, 0) is 27.7 Å². The van der Waals surface area contributed by atoms with Crippen molar-refractivity contribution in [1.29, 1.82) is 0 Å². The minimum Gasteiger partial charge on any atom is -0.342 e. The average molecular weight is 227 g/mol. The van der Waals surface area contributed by atoms with Crippen molar-refractivity contribution in [2.24, 2.45) is 5.73 Å². The van der Waals surface area contributed by atoms with Crippen LogP contribution >= 0.6 is 0 Å². The van der Waals surface area contributed by atoms with Crippen LogP contribution in [0, 0.1) is 0 Å². The topological polar surface area (TPSA) is 66.6 Å². The Morgan fingerprint density at radius 1 is 1.38 bits per heavy atom. The molecule has 2 N–H and O–H groups in total. The third-order valence-electron chi connectivity index (χ3n) is 3.00. The molecular weight excluding hydrogens is 206 g/mol. The minimum absolute atomic E-state index is 0.0450. The Morgan fingerprint density at radius 2 is 1.88 bits per heavy atom. The summed E-state index contributed by atoms with van der Waals surface area (Å²) in [5, 5.41) is 0. The molecule has 0 bridgehead atoms. The molecule has 1 fully saturated rings. The van der Waals surface area contributed by atoms with E-state index in [1.165, 1.54) is 0 Å². The summed E-state index contributed by atoms with van der Waals surface area (Å²) in [6, 6.07) is 0. The van der Waals surface area contributed by atoms with Crippen molar-refractivity contribution in [1.82, 2.24) is 9.80 Å². The number of hydrogen-bond acceptors (Lipinski definition) is 3. The van der Waals surface area contributed by atoms with Crippen LogP contribution in [0.4, 0.5) is 0 Å². The Labute approximate surface area is 96.6 Å². The second-order valence-electron chi connectivity index (χ2n) is 5.46. The van der Waals surface area contributed by atoms with Gasteiger partial charge in [0.25, 0.3) is 0 Å². The second kappa shape index (κ2) is 3.73. The van der Waals surface area contributed by atoms with Gasteiger partial charge < -0.3 is 15.5 Å². The highest BCUT2D eigenvalue weighted by atomic mass is 16.2. The molecule has 92 valence electrons. The first-order valence-corrected chi connectivity index (χ1v) is 5.45. The number of nitrogens with two attached hydrogens (primary N) is 1. The standard InChI is InChI=1S/C11H21N3O2/c1-10(2,12)8(15)14-7-6-13(5)9(16)11(14,3)4/h6-7,12H2,1-5H3. The quantitative estimate of drug-likeness (QED) is 0.675. The lowest BCUT2D eigenvalue weighted by Crippen LogP contribution is -2.67. The van der Waals surface area contributed by atoms with E-state index in [4.69, 9.17) is 5.73 Å². The highest BCUT2D eigenvalue weighted by Crippen LogP contribution is 2.23. The molecule has 0 saturated carbocycles. The first kappa shape index (κ1) is 13.0. The number of carbonyl (C=O) groups is 2. The Kier molecular flexibility index (Phi) is 3.02. The number of hydrogen-bond donors (Lipinski definition) is 1. The molecule has 0 atom stereocenters. The van der Waals surface area contributed by atoms with Gasteiger partial charge in [0.2, 0.25) is 11.8 Å². The van der Waals surface area contributed by atoms with Crippen LogP contribution in [0.2, 0.25) is 0 Å². The zero-order valence-electron chi connectivity index (χ0n) is 10.7. The molecule has 1 rings (SSSR count). The van der Waals surface area contributed by atoms with Crippen molar-refractivity contribution in [3.05, 3.63) is 0 Å². The molecule has 0 spiro atoms. The van der Waals surface area contributed by atoms with E-state index in [9.17, 15) is 9.59 Å². The van der Waals surface area contributed by atoms with Crippen molar-refractivity contribution in [2.75, 3.05) is 20.1 Å². The zero-order valence-corrected chi connectivity index (χ0v) is 10.7. The van der Waals surface area contributed by atoms with Crippen LogP contribution in [0.1, 0.15) is 27.7 Å². The smallest absolute Gasteiger partial charge is 0.247 e. The van der Waals surface area contributed by atoms with E-state index in [1.54, 1.807) is 44.5 Å². The van der Waals surface area contributed by atoms with Gasteiger partial charge in [0.1, 0.15) is 5.54 Å². The summed E-state index contributed by atoms with van der Waals surface area (Å²) < 4.78 is 0. The van der Waals surface area contributed by atoms with E-state index < -0.39 is 11.1 Å². The van der Waals surface area contributed by atoms with Gasteiger partial charge in [-0.25, -0.2) is 0 Å². The van der Waals surface area contributed by atoms with Gasteiger partial charge >= 0.3 is 0 Å². The van der Waals surface area contributed by atoms with Crippen molar-refractivity contribution < 1.29 is 9.59 Å². The molecular formula is C11H21N3O2. The normalized spacial score (nSPS) is 21.2. The third kappa shape index (κ3) is 2.04. The molecule has 0 unspecified atom stereocenters. The molecule has 5 heteroatoms. The Bertz CT molecular complexity index is 318. The molecule has 0 radical (unpaired) electrons. The van der Waals surface area contributed by atoms with Gasteiger partial charge in [-0.15, -0.1) is 0 Å². The fourth-order valence-electron chi connectivity index (χ4n) is 1.92. The number of likely N-dealkylation sites (N-methyl/N-ethyl adjacent to an activating group) is 1. The van der Waals surface area contributed by atoms with Gasteiger partial charge in [-0.1, -0.05) is 0 Å². The van der Waals surface area contributed by atoms with Crippen molar-refractivity contribution in [3.8, 4) is 0 Å². The Hall–Kier alpha value is -1.10. The van der Waals surface area contributed by atoms with Crippen LogP contribution in [-0.2, 0) is 9.59 Å². The molecule has 16 heavy (non-hydrogen) atoms. The number of rotatable bonds is 1. The molecule has 0 aromatic carbocycles. The molecule has 0 aromatic heterocycles. The Morgan fingerprint density at radius 3 is 2.31 bits per heavy atom. The van der Waals surface area contributed by atoms with Crippen LogP contribution in [0.25, 0.3) is 0 Å². The molecule has 1 aliphatic heterocycles. The van der Waals surface area contributed by atoms with Gasteiger partial charge in [0.15, 0.2) is 0 Å². The van der Waals surface area contributed by atoms with Gasteiger partial charge in [0.05, 0.1) is 5.54 Å². The van der Waals surface area contributed by atoms with Crippen LogP contribution in [0.5, 0.6) is 0 Å². The predicted molar refractivity (Wildman–Crippen MR) is 61.7 cm³/mol. The van der Waals surface area contributed by atoms with E-state index in [0.717, 1.165) is 0 Å². The number of piperazine rings is 1. The summed E-state index contributed by atoms with van der Waals surface area (Å²) in [6.45, 7) is 7.93. The monoisotopic (exact) mass is 227 g/mol. The van der Waals surface area contributed by atoms with E-state index in [2.05, 4.69) is 0 Å². The maximum atomic E-state index is 12.1. The van der Waals surface area contributed by atoms with Crippen molar-refractivity contribution in [2.45, 2.75) is 38.8 Å². The zero-order chi connectivity index (χ0) is 12.7. The summed E-state index contributed by atoms with van der Waals surface area (Å²) in [7, 11) is 1.75. The molecule has 0 aromatic rings. The van der Waals surface area contributed by atoms with Crippen LogP contribution in [-0.4, -0.2) is 52.8 Å². The molecule has 5 nitrogen and oxygen atoms in total. The maximum absolute atomic E-state index is 12.1. The molecule has 1 aliphatic rings. The van der Waals surface area contributed by atoms with E-state index in [-0.39, 0.29) is 11.8 Å². The van der Waals surface area contributed by atoms with E-state index in [1.807, 2.05) is 0 Å². The predicted octanol–water partition coefficient (Wildman–Crippen LogP) is -0.197. The third-order valence-corrected chi connectivity index (χ3v) is 3.00. The van der Waals surface area contributed by atoms with E-state index in [0.29, 0.717) is 13.1 Å². The van der Waals surface area contributed by atoms with Gasteiger partial charge in [-0.2, -0.15) is 0 Å². The largest absolute Gasteiger partial charge is 0.342 e. The molecule has 0 aliphatic carbocycles. The lowest BCUT2D eigenvalue weighted by molar-refractivity contribution is -0.159. The first-order chi connectivity index (χ1) is 7.08. The summed E-state index contributed by atoms with van der Waals surface area (Å²) in [4.78, 5) is 27.3. The van der Waals surface area contributed by atoms with Crippen molar-refractivity contribution >= 4 is 11.8 Å². The van der Waals surface area contributed by atoms with Gasteiger partial charge in [0, 0.05) is 20.1 Å². The molecule has 1 saturated heterocycles. The van der Waals surface area contributed by atoms with Gasteiger partial charge in [-0.3, -0.25) is 9.59 Å². The first-order valence-electron chi connectivity index (χ1n) is 5.45. The lowest BCUT2D eigenvalue weighted by Gasteiger charge is -2.46. The highest BCUT2D eigenvalue weighted by molar-refractivity contribution is 5.94. The number of nitrogens with zero attached hydrogens (tertiary/aromatic N) is 2. The van der Waals surface area contributed by atoms with Crippen molar-refractivity contribution in [3.63, 3.8) is 0 Å². The highest BCUT2D eigenvalue weighted by Gasteiger charge is 2.45. The van der Waals surface area contributed by atoms with Crippen LogP contribution in [0.3, 0.4) is 0 Å². The summed E-state index contributed by atoms with van der Waals surface area (Å²) >= 11 is 0. The summed E-state index contributed by atoms with van der Waals surface area (Å²) in [6.07, 6.45) is 0. The fraction of sp³-hybridized carbons (Fsp3) is 0.818. The average Bonchev–Trinajstić information content (AvgIpc) is 2.12. The van der Waals surface area contributed by atoms with Crippen LogP contribution < -0.4 is 5.73 Å². The SMILES string of the molecule is CN1CCN(C(=O)C(C)(C)N)C(C)(C)C1=O. The summed E-state index contributed by atoms with van der Waals surface area (Å²) in [5.74, 6) is -0.227. The second-order valence-corrected chi connectivity index (χ2v) is 5.46.